The highest BCUT2D eigenvalue weighted by molar-refractivity contribution is 14.0. The normalized spacial score (nSPS) is 11.4. The lowest BCUT2D eigenvalue weighted by Gasteiger charge is -2.10. The first kappa shape index (κ1) is 20.3. The molecular formula is C15H24IN5S2. The SMILES string of the molecule is CN=C(NCCc1ncc(C)s1)NCc1csc(C(C)C)n1.I. The van der Waals surface area contributed by atoms with Gasteiger partial charge in [-0.25, -0.2) is 9.97 Å². The summed E-state index contributed by atoms with van der Waals surface area (Å²) < 4.78 is 0. The number of thiazole rings is 2. The Morgan fingerprint density at radius 2 is 2.13 bits per heavy atom. The zero-order chi connectivity index (χ0) is 15.9. The molecule has 0 saturated heterocycles. The second kappa shape index (κ2) is 10.2. The quantitative estimate of drug-likeness (QED) is 0.389. The van der Waals surface area contributed by atoms with Gasteiger partial charge in [-0.05, 0) is 6.92 Å². The number of nitrogens with one attached hydrogen (secondary N) is 2. The predicted octanol–water partition coefficient (Wildman–Crippen LogP) is 3.56. The van der Waals surface area contributed by atoms with Gasteiger partial charge in [-0.1, -0.05) is 13.8 Å². The Labute approximate surface area is 163 Å². The smallest absolute Gasteiger partial charge is 0.191 e. The Hall–Kier alpha value is -0.740. The number of nitrogens with zero attached hydrogens (tertiary/aromatic N) is 3. The van der Waals surface area contributed by atoms with Crippen LogP contribution in [-0.2, 0) is 13.0 Å². The van der Waals surface area contributed by atoms with Gasteiger partial charge in [0.1, 0.15) is 0 Å². The third-order valence-corrected chi connectivity index (χ3v) is 5.19. The second-order valence-corrected chi connectivity index (χ2v) is 7.51. The molecular weight excluding hydrogens is 441 g/mol. The fourth-order valence-corrected chi connectivity index (χ4v) is 3.49. The summed E-state index contributed by atoms with van der Waals surface area (Å²) in [6.07, 6.45) is 2.83. The summed E-state index contributed by atoms with van der Waals surface area (Å²) in [6, 6.07) is 0. The molecule has 8 heteroatoms. The molecule has 0 saturated carbocycles. The standard InChI is InChI=1S/C15H23N5S2.HI/c1-10(2)14-20-12(9-21-14)8-19-15(16-4)17-6-5-13-18-7-11(3)22-13;/h7,9-10H,5-6,8H2,1-4H3,(H2,16,17,19);1H. The molecule has 0 aromatic carbocycles. The first-order valence-electron chi connectivity index (χ1n) is 7.38. The van der Waals surface area contributed by atoms with E-state index in [-0.39, 0.29) is 24.0 Å². The first-order chi connectivity index (χ1) is 10.6. The Kier molecular flexibility index (Phi) is 9.00. The molecule has 0 amide bonds. The van der Waals surface area contributed by atoms with E-state index in [1.165, 1.54) is 9.88 Å². The molecule has 2 N–H and O–H groups in total. The second-order valence-electron chi connectivity index (χ2n) is 5.30. The fourth-order valence-electron chi connectivity index (χ4n) is 1.87. The number of aromatic nitrogens is 2. The molecule has 0 aliphatic rings. The van der Waals surface area contributed by atoms with Crippen LogP contribution in [0, 0.1) is 6.92 Å². The topological polar surface area (TPSA) is 62.2 Å². The van der Waals surface area contributed by atoms with Gasteiger partial charge in [0.25, 0.3) is 0 Å². The molecule has 2 rings (SSSR count). The van der Waals surface area contributed by atoms with Crippen molar-refractivity contribution >= 4 is 52.6 Å². The Bertz CT molecular complexity index is 621. The molecule has 0 aliphatic heterocycles. The summed E-state index contributed by atoms with van der Waals surface area (Å²) in [5.74, 6) is 1.28. The average Bonchev–Trinajstić information content (AvgIpc) is 3.11. The number of hydrogen-bond donors (Lipinski definition) is 2. The number of aliphatic imine (C=N–C) groups is 1. The largest absolute Gasteiger partial charge is 0.356 e. The highest BCUT2D eigenvalue weighted by atomic mass is 127. The van der Waals surface area contributed by atoms with Crippen LogP contribution in [0.1, 0.15) is 40.4 Å². The number of rotatable bonds is 6. The van der Waals surface area contributed by atoms with Crippen molar-refractivity contribution in [3.63, 3.8) is 0 Å². The van der Waals surface area contributed by atoms with Gasteiger partial charge in [-0.2, -0.15) is 0 Å². The summed E-state index contributed by atoms with van der Waals surface area (Å²) in [5, 5.41) is 11.0. The van der Waals surface area contributed by atoms with Gasteiger partial charge in [0.05, 0.1) is 22.3 Å². The van der Waals surface area contributed by atoms with E-state index in [0.717, 1.165) is 29.6 Å². The van der Waals surface area contributed by atoms with Gasteiger partial charge in [0, 0.05) is 42.4 Å². The molecule has 23 heavy (non-hydrogen) atoms. The average molecular weight is 465 g/mol. The van der Waals surface area contributed by atoms with Crippen LogP contribution in [0.25, 0.3) is 0 Å². The van der Waals surface area contributed by atoms with E-state index in [0.29, 0.717) is 12.5 Å². The van der Waals surface area contributed by atoms with E-state index in [1.807, 2.05) is 6.20 Å². The van der Waals surface area contributed by atoms with Crippen LogP contribution in [0.2, 0.25) is 0 Å². The molecule has 5 nitrogen and oxygen atoms in total. The van der Waals surface area contributed by atoms with Crippen LogP contribution < -0.4 is 10.6 Å². The van der Waals surface area contributed by atoms with E-state index in [4.69, 9.17) is 0 Å². The minimum atomic E-state index is 0. The van der Waals surface area contributed by atoms with Gasteiger partial charge in [0.15, 0.2) is 5.96 Å². The lowest BCUT2D eigenvalue weighted by Crippen LogP contribution is -2.37. The number of halogens is 1. The molecule has 2 aromatic heterocycles. The molecule has 2 heterocycles. The van der Waals surface area contributed by atoms with Crippen LogP contribution in [-0.4, -0.2) is 29.5 Å². The molecule has 0 spiro atoms. The van der Waals surface area contributed by atoms with Crippen LogP contribution in [0.3, 0.4) is 0 Å². The van der Waals surface area contributed by atoms with Crippen LogP contribution in [0.4, 0.5) is 0 Å². The van der Waals surface area contributed by atoms with E-state index in [2.05, 4.69) is 51.7 Å². The van der Waals surface area contributed by atoms with Crippen molar-refractivity contribution in [1.82, 2.24) is 20.6 Å². The Balaban J connectivity index is 0.00000264. The lowest BCUT2D eigenvalue weighted by atomic mass is 10.2. The number of guanidine groups is 1. The van der Waals surface area contributed by atoms with Crippen LogP contribution >= 0.6 is 46.7 Å². The molecule has 0 radical (unpaired) electrons. The third kappa shape index (κ3) is 6.72. The molecule has 2 aromatic rings. The summed E-state index contributed by atoms with van der Waals surface area (Å²) in [5.41, 5.74) is 1.06. The fraction of sp³-hybridized carbons (Fsp3) is 0.533. The molecule has 0 fully saturated rings. The van der Waals surface area contributed by atoms with Crippen molar-refractivity contribution in [3.8, 4) is 0 Å². The van der Waals surface area contributed by atoms with Gasteiger partial charge >= 0.3 is 0 Å². The highest BCUT2D eigenvalue weighted by Crippen LogP contribution is 2.18. The van der Waals surface area contributed by atoms with Gasteiger partial charge in [-0.15, -0.1) is 46.7 Å². The van der Waals surface area contributed by atoms with E-state index in [1.54, 1.807) is 29.7 Å². The molecule has 0 bridgehead atoms. The lowest BCUT2D eigenvalue weighted by molar-refractivity contribution is 0.774. The maximum absolute atomic E-state index is 4.61. The van der Waals surface area contributed by atoms with Crippen molar-refractivity contribution < 1.29 is 0 Å². The number of aryl methyl sites for hydroxylation is 1. The highest BCUT2D eigenvalue weighted by Gasteiger charge is 2.06. The maximum Gasteiger partial charge on any atom is 0.191 e. The first-order valence-corrected chi connectivity index (χ1v) is 9.08. The van der Waals surface area contributed by atoms with Crippen molar-refractivity contribution in [1.29, 1.82) is 0 Å². The molecule has 0 unspecified atom stereocenters. The minimum Gasteiger partial charge on any atom is -0.356 e. The van der Waals surface area contributed by atoms with E-state index < -0.39 is 0 Å². The maximum atomic E-state index is 4.61. The van der Waals surface area contributed by atoms with E-state index in [9.17, 15) is 0 Å². The van der Waals surface area contributed by atoms with E-state index >= 15 is 0 Å². The minimum absolute atomic E-state index is 0. The monoisotopic (exact) mass is 465 g/mol. The van der Waals surface area contributed by atoms with Crippen molar-refractivity contribution in [2.45, 2.75) is 39.7 Å². The van der Waals surface area contributed by atoms with Gasteiger partial charge in [-0.3, -0.25) is 4.99 Å². The molecule has 0 atom stereocenters. The molecule has 0 aliphatic carbocycles. The third-order valence-electron chi connectivity index (χ3n) is 3.02. The molecule has 128 valence electrons. The predicted molar refractivity (Wildman–Crippen MR) is 110 cm³/mol. The Morgan fingerprint density at radius 3 is 2.70 bits per heavy atom. The summed E-state index contributed by atoms with van der Waals surface area (Å²) >= 11 is 3.46. The number of hydrogen-bond acceptors (Lipinski definition) is 5. The van der Waals surface area contributed by atoms with Crippen LogP contribution in [0.5, 0.6) is 0 Å². The zero-order valence-corrected chi connectivity index (χ0v) is 17.9. The summed E-state index contributed by atoms with van der Waals surface area (Å²) in [7, 11) is 1.78. The van der Waals surface area contributed by atoms with Crippen molar-refractivity contribution in [2.24, 2.45) is 4.99 Å². The van der Waals surface area contributed by atoms with Gasteiger partial charge < -0.3 is 10.6 Å². The van der Waals surface area contributed by atoms with Crippen molar-refractivity contribution in [2.75, 3.05) is 13.6 Å². The summed E-state index contributed by atoms with van der Waals surface area (Å²) in [4.78, 5) is 14.5. The zero-order valence-electron chi connectivity index (χ0n) is 13.9. The van der Waals surface area contributed by atoms with Crippen LogP contribution in [0.15, 0.2) is 16.6 Å². The summed E-state index contributed by atoms with van der Waals surface area (Å²) in [6.45, 7) is 7.92. The Morgan fingerprint density at radius 1 is 1.35 bits per heavy atom. The van der Waals surface area contributed by atoms with Crippen molar-refractivity contribution in [3.05, 3.63) is 32.2 Å². The van der Waals surface area contributed by atoms with Gasteiger partial charge in [0.2, 0.25) is 0 Å².